The van der Waals surface area contributed by atoms with Crippen molar-refractivity contribution in [2.24, 2.45) is 5.73 Å². The van der Waals surface area contributed by atoms with Crippen molar-refractivity contribution in [3.63, 3.8) is 0 Å². The van der Waals surface area contributed by atoms with E-state index in [2.05, 4.69) is 4.90 Å². The monoisotopic (exact) mass is 288 g/mol. The molecule has 2 N–H and O–H groups in total. The van der Waals surface area contributed by atoms with Gasteiger partial charge in [-0.25, -0.2) is 4.39 Å². The highest BCUT2D eigenvalue weighted by molar-refractivity contribution is 7.80. The van der Waals surface area contributed by atoms with Crippen LogP contribution in [-0.4, -0.2) is 22.5 Å². The number of benzene rings is 1. The van der Waals surface area contributed by atoms with Crippen molar-refractivity contribution in [1.82, 2.24) is 4.90 Å². The Balaban J connectivity index is 2.80. The first-order valence-corrected chi connectivity index (χ1v) is 6.65. The molecule has 18 heavy (non-hydrogen) atoms. The Bertz CT molecular complexity index is 403. The van der Waals surface area contributed by atoms with Crippen LogP contribution in [0, 0.1) is 5.82 Å². The van der Waals surface area contributed by atoms with Gasteiger partial charge in [-0.1, -0.05) is 29.9 Å². The SMILES string of the molecule is CC(C)N(CCC(N)=S)Cc1c(F)cccc1Cl. The molecule has 1 aromatic carbocycles. The van der Waals surface area contributed by atoms with Crippen LogP contribution in [0.1, 0.15) is 25.8 Å². The van der Waals surface area contributed by atoms with Gasteiger partial charge < -0.3 is 5.73 Å². The van der Waals surface area contributed by atoms with E-state index in [9.17, 15) is 4.39 Å². The van der Waals surface area contributed by atoms with E-state index in [-0.39, 0.29) is 11.9 Å². The molecule has 0 aromatic heterocycles. The third kappa shape index (κ3) is 4.52. The van der Waals surface area contributed by atoms with Crippen LogP contribution < -0.4 is 5.73 Å². The summed E-state index contributed by atoms with van der Waals surface area (Å²) >= 11 is 10.9. The zero-order valence-electron chi connectivity index (χ0n) is 10.6. The van der Waals surface area contributed by atoms with E-state index in [1.807, 2.05) is 13.8 Å². The summed E-state index contributed by atoms with van der Waals surface area (Å²) in [5.74, 6) is -0.275. The number of thiocarbonyl (C=S) groups is 1. The Morgan fingerprint density at radius 3 is 2.67 bits per heavy atom. The average Bonchev–Trinajstić information content (AvgIpc) is 2.26. The highest BCUT2D eigenvalue weighted by atomic mass is 35.5. The smallest absolute Gasteiger partial charge is 0.129 e. The highest BCUT2D eigenvalue weighted by Crippen LogP contribution is 2.21. The topological polar surface area (TPSA) is 29.3 Å². The molecule has 100 valence electrons. The van der Waals surface area contributed by atoms with E-state index in [4.69, 9.17) is 29.6 Å². The third-order valence-electron chi connectivity index (χ3n) is 2.80. The van der Waals surface area contributed by atoms with Gasteiger partial charge in [0.1, 0.15) is 5.82 Å². The second-order valence-corrected chi connectivity index (χ2v) is 5.41. The second kappa shape index (κ2) is 7.02. The van der Waals surface area contributed by atoms with Crippen LogP contribution >= 0.6 is 23.8 Å². The van der Waals surface area contributed by atoms with Crippen LogP contribution in [0.3, 0.4) is 0 Å². The average molecular weight is 289 g/mol. The van der Waals surface area contributed by atoms with Gasteiger partial charge in [-0.15, -0.1) is 0 Å². The largest absolute Gasteiger partial charge is 0.393 e. The summed E-state index contributed by atoms with van der Waals surface area (Å²) in [7, 11) is 0. The molecule has 0 bridgehead atoms. The molecule has 0 spiro atoms. The van der Waals surface area contributed by atoms with Gasteiger partial charge in [-0.2, -0.15) is 0 Å². The molecule has 2 nitrogen and oxygen atoms in total. The van der Waals surface area contributed by atoms with Crippen LogP contribution in [0.15, 0.2) is 18.2 Å². The van der Waals surface area contributed by atoms with E-state index in [0.29, 0.717) is 35.1 Å². The fourth-order valence-electron chi connectivity index (χ4n) is 1.66. The van der Waals surface area contributed by atoms with Crippen LogP contribution in [0.5, 0.6) is 0 Å². The van der Waals surface area contributed by atoms with Crippen molar-refractivity contribution in [2.45, 2.75) is 32.9 Å². The van der Waals surface area contributed by atoms with E-state index in [0.717, 1.165) is 0 Å². The van der Waals surface area contributed by atoms with E-state index in [1.165, 1.54) is 6.07 Å². The maximum absolute atomic E-state index is 13.7. The standard InChI is InChI=1S/C13H18ClFN2S/c1-9(2)17(7-6-13(16)18)8-10-11(14)4-3-5-12(10)15/h3-5,9H,6-8H2,1-2H3,(H2,16,18). The summed E-state index contributed by atoms with van der Waals surface area (Å²) in [4.78, 5) is 2.57. The molecule has 0 saturated carbocycles. The minimum absolute atomic E-state index is 0.273. The van der Waals surface area contributed by atoms with Gasteiger partial charge in [0, 0.05) is 36.1 Å². The van der Waals surface area contributed by atoms with Crippen LogP contribution in [0.4, 0.5) is 4.39 Å². The molecular formula is C13H18ClFN2S. The molecule has 0 aliphatic heterocycles. The minimum atomic E-state index is -0.275. The minimum Gasteiger partial charge on any atom is -0.393 e. The summed E-state index contributed by atoms with van der Waals surface area (Å²) in [6.45, 7) is 5.27. The molecular weight excluding hydrogens is 271 g/mol. The molecule has 1 rings (SSSR count). The first-order valence-electron chi connectivity index (χ1n) is 5.87. The molecule has 0 heterocycles. The first kappa shape index (κ1) is 15.3. The predicted octanol–water partition coefficient (Wildman–Crippen LogP) is 3.37. The lowest BCUT2D eigenvalue weighted by molar-refractivity contribution is 0.216. The normalized spacial score (nSPS) is 11.2. The first-order chi connectivity index (χ1) is 8.41. The van der Waals surface area contributed by atoms with Gasteiger partial charge in [-0.3, -0.25) is 4.90 Å². The molecule has 0 amide bonds. The van der Waals surface area contributed by atoms with Crippen molar-refractivity contribution in [2.75, 3.05) is 6.54 Å². The van der Waals surface area contributed by atoms with Crippen LogP contribution in [0.2, 0.25) is 5.02 Å². The fourth-order valence-corrected chi connectivity index (χ4v) is 1.97. The molecule has 0 aliphatic rings. The summed E-state index contributed by atoms with van der Waals surface area (Å²) < 4.78 is 13.7. The number of hydrogen-bond acceptors (Lipinski definition) is 2. The molecule has 0 aliphatic carbocycles. The Labute approximate surface area is 118 Å². The van der Waals surface area contributed by atoms with Gasteiger partial charge in [-0.05, 0) is 26.0 Å². The zero-order chi connectivity index (χ0) is 13.7. The molecule has 0 fully saturated rings. The number of hydrogen-bond donors (Lipinski definition) is 1. The molecule has 0 unspecified atom stereocenters. The van der Waals surface area contributed by atoms with Crippen molar-refractivity contribution >= 4 is 28.8 Å². The summed E-state index contributed by atoms with van der Waals surface area (Å²) in [6, 6.07) is 5.00. The molecule has 5 heteroatoms. The Morgan fingerprint density at radius 2 is 2.17 bits per heavy atom. The number of nitrogens with zero attached hydrogens (tertiary/aromatic N) is 1. The predicted molar refractivity (Wildman–Crippen MR) is 78.4 cm³/mol. The maximum Gasteiger partial charge on any atom is 0.129 e. The Kier molecular flexibility index (Phi) is 5.99. The molecule has 0 radical (unpaired) electrons. The van der Waals surface area contributed by atoms with E-state index < -0.39 is 0 Å². The fraction of sp³-hybridized carbons (Fsp3) is 0.462. The Morgan fingerprint density at radius 1 is 1.50 bits per heavy atom. The van der Waals surface area contributed by atoms with Crippen LogP contribution in [-0.2, 0) is 6.54 Å². The molecule has 0 saturated heterocycles. The van der Waals surface area contributed by atoms with Gasteiger partial charge >= 0.3 is 0 Å². The number of halogens is 2. The van der Waals surface area contributed by atoms with Gasteiger partial charge in [0.2, 0.25) is 0 Å². The number of nitrogens with two attached hydrogens (primary N) is 1. The molecule has 0 atom stereocenters. The summed E-state index contributed by atoms with van der Waals surface area (Å²) in [6.07, 6.45) is 0.625. The third-order valence-corrected chi connectivity index (χ3v) is 3.36. The number of rotatable bonds is 6. The second-order valence-electron chi connectivity index (χ2n) is 4.48. The lowest BCUT2D eigenvalue weighted by Gasteiger charge is -2.26. The van der Waals surface area contributed by atoms with Crippen molar-refractivity contribution in [3.8, 4) is 0 Å². The summed E-state index contributed by atoms with van der Waals surface area (Å²) in [5, 5.41) is 0.455. The van der Waals surface area contributed by atoms with Crippen molar-refractivity contribution in [3.05, 3.63) is 34.6 Å². The van der Waals surface area contributed by atoms with E-state index >= 15 is 0 Å². The van der Waals surface area contributed by atoms with Gasteiger partial charge in [0.05, 0.1) is 4.99 Å². The zero-order valence-corrected chi connectivity index (χ0v) is 12.2. The molecule has 1 aromatic rings. The van der Waals surface area contributed by atoms with E-state index in [1.54, 1.807) is 12.1 Å². The maximum atomic E-state index is 13.7. The quantitative estimate of drug-likeness (QED) is 0.814. The lowest BCUT2D eigenvalue weighted by Crippen LogP contribution is -2.33. The highest BCUT2D eigenvalue weighted by Gasteiger charge is 2.15. The van der Waals surface area contributed by atoms with Gasteiger partial charge in [0.25, 0.3) is 0 Å². The van der Waals surface area contributed by atoms with Crippen LogP contribution in [0.25, 0.3) is 0 Å². The summed E-state index contributed by atoms with van der Waals surface area (Å²) in [5.41, 5.74) is 6.02. The van der Waals surface area contributed by atoms with Crippen molar-refractivity contribution in [1.29, 1.82) is 0 Å². The Hall–Kier alpha value is -0.710. The van der Waals surface area contributed by atoms with Gasteiger partial charge in [0.15, 0.2) is 0 Å². The lowest BCUT2D eigenvalue weighted by atomic mass is 10.1. The van der Waals surface area contributed by atoms with Crippen molar-refractivity contribution < 1.29 is 4.39 Å².